The van der Waals surface area contributed by atoms with Gasteiger partial charge in [-0.15, -0.1) is 11.3 Å². The number of para-hydroxylation sites is 1. The van der Waals surface area contributed by atoms with E-state index in [0.29, 0.717) is 21.3 Å². The highest BCUT2D eigenvalue weighted by Crippen LogP contribution is 2.22. The lowest BCUT2D eigenvalue weighted by atomic mass is 10.3. The van der Waals surface area contributed by atoms with Crippen molar-refractivity contribution >= 4 is 35.1 Å². The molecule has 0 radical (unpaired) electrons. The van der Waals surface area contributed by atoms with Crippen molar-refractivity contribution in [3.8, 4) is 5.69 Å². The number of nitrogens with zero attached hydrogens (tertiary/aromatic N) is 4. The largest absolute Gasteiger partial charge is 0.283 e. The second kappa shape index (κ2) is 7.16. The maximum absolute atomic E-state index is 12.2. The lowest BCUT2D eigenvalue weighted by molar-refractivity contribution is 0.0958. The SMILES string of the molecule is Cc1nc(C)c(C(=O)N/N=C/c2c(C)nn(-c3ccccc3)c2Cl)s1. The van der Waals surface area contributed by atoms with Gasteiger partial charge in [0.05, 0.1) is 33.9 Å². The van der Waals surface area contributed by atoms with Gasteiger partial charge in [0, 0.05) is 0 Å². The summed E-state index contributed by atoms with van der Waals surface area (Å²) in [6, 6.07) is 9.58. The van der Waals surface area contributed by atoms with Gasteiger partial charge in [0.25, 0.3) is 5.91 Å². The maximum Gasteiger partial charge on any atom is 0.283 e. The molecule has 0 saturated carbocycles. The van der Waals surface area contributed by atoms with Crippen LogP contribution in [0.5, 0.6) is 0 Å². The summed E-state index contributed by atoms with van der Waals surface area (Å²) in [6.45, 7) is 5.50. The summed E-state index contributed by atoms with van der Waals surface area (Å²) < 4.78 is 1.64. The van der Waals surface area contributed by atoms with Crippen LogP contribution in [0.3, 0.4) is 0 Å². The normalized spacial score (nSPS) is 11.2. The molecule has 1 aromatic carbocycles. The molecule has 0 atom stereocenters. The first kappa shape index (κ1) is 17.3. The fraction of sp³-hybridized carbons (Fsp3) is 0.176. The number of nitrogens with one attached hydrogen (secondary N) is 1. The minimum atomic E-state index is -0.288. The van der Waals surface area contributed by atoms with Crippen molar-refractivity contribution in [3.05, 3.63) is 62.3 Å². The molecule has 0 aliphatic heterocycles. The molecule has 0 aliphatic carbocycles. The Bertz CT molecular complexity index is 946. The third kappa shape index (κ3) is 3.62. The van der Waals surface area contributed by atoms with E-state index in [2.05, 4.69) is 20.6 Å². The van der Waals surface area contributed by atoms with Crippen LogP contribution in [0.4, 0.5) is 0 Å². The zero-order chi connectivity index (χ0) is 18.0. The standard InChI is InChI=1S/C17H16ClN5OS/c1-10-14(16(18)23(22-10)13-7-5-4-6-8-13)9-19-21-17(24)15-11(2)20-12(3)25-15/h4-9H,1-3H3,(H,21,24)/b19-9+. The third-order valence-electron chi connectivity index (χ3n) is 3.52. The molecule has 2 heterocycles. The van der Waals surface area contributed by atoms with Crippen molar-refractivity contribution in [1.82, 2.24) is 20.2 Å². The van der Waals surface area contributed by atoms with Crippen molar-refractivity contribution in [2.24, 2.45) is 5.10 Å². The number of hydrogen-bond donors (Lipinski definition) is 1. The molecule has 0 fully saturated rings. The van der Waals surface area contributed by atoms with Gasteiger partial charge in [-0.3, -0.25) is 4.79 Å². The highest BCUT2D eigenvalue weighted by Gasteiger charge is 2.15. The first-order valence-electron chi connectivity index (χ1n) is 7.55. The minimum absolute atomic E-state index is 0.288. The molecule has 8 heteroatoms. The molecule has 1 N–H and O–H groups in total. The molecular weight excluding hydrogens is 358 g/mol. The molecule has 0 saturated heterocycles. The first-order chi connectivity index (χ1) is 12.0. The fourth-order valence-electron chi connectivity index (χ4n) is 2.35. The van der Waals surface area contributed by atoms with E-state index in [1.807, 2.05) is 44.2 Å². The summed E-state index contributed by atoms with van der Waals surface area (Å²) in [6.07, 6.45) is 1.51. The number of amides is 1. The quantitative estimate of drug-likeness (QED) is 0.560. The number of aryl methyl sites for hydroxylation is 3. The van der Waals surface area contributed by atoms with Gasteiger partial charge < -0.3 is 0 Å². The number of hydrogen-bond acceptors (Lipinski definition) is 5. The van der Waals surface area contributed by atoms with Gasteiger partial charge in [0.15, 0.2) is 0 Å². The summed E-state index contributed by atoms with van der Waals surface area (Å²) >= 11 is 7.75. The molecule has 6 nitrogen and oxygen atoms in total. The monoisotopic (exact) mass is 373 g/mol. The fourth-order valence-corrected chi connectivity index (χ4v) is 3.48. The summed E-state index contributed by atoms with van der Waals surface area (Å²) in [4.78, 5) is 16.9. The molecule has 0 aliphatic rings. The number of hydrazone groups is 1. The lowest BCUT2D eigenvalue weighted by Crippen LogP contribution is -2.17. The number of rotatable bonds is 4. The van der Waals surface area contributed by atoms with Crippen LogP contribution in [0, 0.1) is 20.8 Å². The van der Waals surface area contributed by atoms with Crippen LogP contribution >= 0.6 is 22.9 Å². The van der Waals surface area contributed by atoms with Crippen LogP contribution in [0.1, 0.15) is 31.6 Å². The van der Waals surface area contributed by atoms with E-state index in [-0.39, 0.29) is 5.91 Å². The van der Waals surface area contributed by atoms with Crippen molar-refractivity contribution in [3.63, 3.8) is 0 Å². The molecule has 0 unspecified atom stereocenters. The Hall–Kier alpha value is -2.51. The van der Waals surface area contributed by atoms with Gasteiger partial charge in [-0.05, 0) is 32.9 Å². The van der Waals surface area contributed by atoms with Crippen LogP contribution in [0.25, 0.3) is 5.69 Å². The zero-order valence-electron chi connectivity index (χ0n) is 13.9. The molecule has 25 heavy (non-hydrogen) atoms. The van der Waals surface area contributed by atoms with E-state index in [1.54, 1.807) is 11.6 Å². The van der Waals surface area contributed by atoms with Gasteiger partial charge in [-0.1, -0.05) is 29.8 Å². The van der Waals surface area contributed by atoms with Gasteiger partial charge >= 0.3 is 0 Å². The second-order valence-corrected chi connectivity index (χ2v) is 6.95. The van der Waals surface area contributed by atoms with Crippen LogP contribution in [0.15, 0.2) is 35.4 Å². The van der Waals surface area contributed by atoms with Gasteiger partial charge in [0.2, 0.25) is 0 Å². The molecule has 3 aromatic rings. The number of carbonyl (C=O) groups is 1. The molecule has 2 aromatic heterocycles. The molecule has 1 amide bonds. The summed E-state index contributed by atoms with van der Waals surface area (Å²) in [5, 5.41) is 9.72. The van der Waals surface area contributed by atoms with E-state index < -0.39 is 0 Å². The molecule has 0 bridgehead atoms. The van der Waals surface area contributed by atoms with E-state index in [1.165, 1.54) is 17.6 Å². The Kier molecular flexibility index (Phi) is 4.96. The third-order valence-corrected chi connectivity index (χ3v) is 4.95. The van der Waals surface area contributed by atoms with E-state index in [9.17, 15) is 4.79 Å². The van der Waals surface area contributed by atoms with Crippen LogP contribution in [-0.2, 0) is 0 Å². The zero-order valence-corrected chi connectivity index (χ0v) is 15.5. The number of carbonyl (C=O) groups excluding carboxylic acids is 1. The van der Waals surface area contributed by atoms with E-state index >= 15 is 0 Å². The van der Waals surface area contributed by atoms with Crippen LogP contribution in [-0.4, -0.2) is 26.9 Å². The predicted molar refractivity (Wildman–Crippen MR) is 100.0 cm³/mol. The van der Waals surface area contributed by atoms with E-state index in [0.717, 1.165) is 16.4 Å². The topological polar surface area (TPSA) is 72.2 Å². The Morgan fingerprint density at radius 2 is 1.96 bits per heavy atom. The van der Waals surface area contributed by atoms with Crippen LogP contribution in [0.2, 0.25) is 5.15 Å². The minimum Gasteiger partial charge on any atom is -0.266 e. The summed E-state index contributed by atoms with van der Waals surface area (Å²) in [7, 11) is 0. The van der Waals surface area contributed by atoms with Gasteiger partial charge in [0.1, 0.15) is 10.0 Å². The van der Waals surface area contributed by atoms with Crippen molar-refractivity contribution in [2.45, 2.75) is 20.8 Å². The van der Waals surface area contributed by atoms with Crippen molar-refractivity contribution in [2.75, 3.05) is 0 Å². The van der Waals surface area contributed by atoms with Crippen molar-refractivity contribution in [1.29, 1.82) is 0 Å². The Labute approximate surface area is 154 Å². The smallest absolute Gasteiger partial charge is 0.266 e. The highest BCUT2D eigenvalue weighted by atomic mass is 35.5. The number of aromatic nitrogens is 3. The van der Waals surface area contributed by atoms with Crippen molar-refractivity contribution < 1.29 is 4.79 Å². The molecule has 0 spiro atoms. The highest BCUT2D eigenvalue weighted by molar-refractivity contribution is 7.13. The Balaban J connectivity index is 1.79. The Morgan fingerprint density at radius 3 is 2.60 bits per heavy atom. The van der Waals surface area contributed by atoms with E-state index in [4.69, 9.17) is 11.6 Å². The Morgan fingerprint density at radius 1 is 1.24 bits per heavy atom. The average molecular weight is 374 g/mol. The van der Waals surface area contributed by atoms with Gasteiger partial charge in [-0.2, -0.15) is 10.2 Å². The second-order valence-electron chi connectivity index (χ2n) is 5.38. The van der Waals surface area contributed by atoms with Gasteiger partial charge in [-0.25, -0.2) is 15.1 Å². The lowest BCUT2D eigenvalue weighted by Gasteiger charge is -2.01. The number of benzene rings is 1. The molecular formula is C17H16ClN5OS. The first-order valence-corrected chi connectivity index (χ1v) is 8.75. The van der Waals surface area contributed by atoms with Crippen LogP contribution < -0.4 is 5.43 Å². The number of thiazole rings is 1. The summed E-state index contributed by atoms with van der Waals surface area (Å²) in [5.74, 6) is -0.288. The maximum atomic E-state index is 12.2. The predicted octanol–water partition coefficient (Wildman–Crippen LogP) is 3.67. The average Bonchev–Trinajstić information content (AvgIpc) is 3.08. The molecule has 128 valence electrons. The molecule has 3 rings (SSSR count). The number of halogens is 1. The summed E-state index contributed by atoms with van der Waals surface area (Å²) in [5.41, 5.74) is 5.44.